The first kappa shape index (κ1) is 17.3. The highest BCUT2D eigenvalue weighted by molar-refractivity contribution is 7.10. The third-order valence-corrected chi connectivity index (χ3v) is 4.58. The minimum atomic E-state index is -0.311. The molecule has 0 fully saturated rings. The summed E-state index contributed by atoms with van der Waals surface area (Å²) in [4.78, 5) is 15.3. The van der Waals surface area contributed by atoms with Gasteiger partial charge >= 0.3 is 6.03 Å². The molecule has 1 aromatic heterocycles. The van der Waals surface area contributed by atoms with Crippen LogP contribution in [0, 0.1) is 11.3 Å². The summed E-state index contributed by atoms with van der Waals surface area (Å²) in [7, 11) is 3.95. The summed E-state index contributed by atoms with van der Waals surface area (Å²) in [6.45, 7) is 0.489. The highest BCUT2D eigenvalue weighted by Gasteiger charge is 2.16. The van der Waals surface area contributed by atoms with Crippen LogP contribution >= 0.6 is 22.9 Å². The Morgan fingerprint density at radius 3 is 2.78 bits per heavy atom. The Morgan fingerprint density at radius 1 is 1.43 bits per heavy atom. The molecular formula is C16H17ClN4OS. The van der Waals surface area contributed by atoms with Crippen molar-refractivity contribution in [1.29, 1.82) is 5.26 Å². The van der Waals surface area contributed by atoms with Crippen molar-refractivity contribution < 1.29 is 4.79 Å². The molecule has 2 rings (SSSR count). The van der Waals surface area contributed by atoms with E-state index in [9.17, 15) is 4.79 Å². The maximum Gasteiger partial charge on any atom is 0.319 e. The number of hydrogen-bond acceptors (Lipinski definition) is 4. The molecule has 2 N–H and O–H groups in total. The molecule has 0 aliphatic rings. The number of benzene rings is 1. The number of nitrogens with one attached hydrogen (secondary N) is 2. The summed E-state index contributed by atoms with van der Waals surface area (Å²) in [5.41, 5.74) is 0.923. The highest BCUT2D eigenvalue weighted by atomic mass is 35.5. The normalized spacial score (nSPS) is 11.8. The summed E-state index contributed by atoms with van der Waals surface area (Å²) in [6, 6.07) is 10.6. The van der Waals surface area contributed by atoms with Gasteiger partial charge in [0.15, 0.2) is 0 Å². The maximum atomic E-state index is 12.0. The lowest BCUT2D eigenvalue weighted by molar-refractivity contribution is 0.244. The fourth-order valence-corrected chi connectivity index (χ4v) is 3.21. The number of anilines is 1. The number of amides is 2. The molecule has 2 aromatic rings. The van der Waals surface area contributed by atoms with Crippen molar-refractivity contribution in [3.63, 3.8) is 0 Å². The summed E-state index contributed by atoms with van der Waals surface area (Å²) >= 11 is 7.61. The van der Waals surface area contributed by atoms with Gasteiger partial charge in [0.25, 0.3) is 0 Å². The van der Waals surface area contributed by atoms with Gasteiger partial charge in [-0.3, -0.25) is 0 Å². The van der Waals surface area contributed by atoms with Crippen molar-refractivity contribution in [1.82, 2.24) is 10.2 Å². The van der Waals surface area contributed by atoms with Crippen molar-refractivity contribution in [2.45, 2.75) is 6.04 Å². The number of nitriles is 1. The first-order valence-electron chi connectivity index (χ1n) is 6.95. The Hall–Kier alpha value is -2.07. The molecule has 23 heavy (non-hydrogen) atoms. The van der Waals surface area contributed by atoms with Crippen LogP contribution in [0.15, 0.2) is 35.7 Å². The zero-order valence-electron chi connectivity index (χ0n) is 12.8. The van der Waals surface area contributed by atoms with E-state index in [0.717, 1.165) is 0 Å². The van der Waals surface area contributed by atoms with Crippen LogP contribution in [0.2, 0.25) is 5.02 Å². The first-order valence-corrected chi connectivity index (χ1v) is 8.21. The second-order valence-corrected chi connectivity index (χ2v) is 6.52. The van der Waals surface area contributed by atoms with Crippen molar-refractivity contribution in [3.05, 3.63) is 51.2 Å². The molecule has 1 unspecified atom stereocenters. The van der Waals surface area contributed by atoms with Gasteiger partial charge < -0.3 is 15.5 Å². The zero-order chi connectivity index (χ0) is 16.8. The lowest BCUT2D eigenvalue weighted by atomic mass is 10.2. The van der Waals surface area contributed by atoms with E-state index in [1.54, 1.807) is 29.5 Å². The zero-order valence-corrected chi connectivity index (χ0v) is 14.4. The Kier molecular flexibility index (Phi) is 5.99. The van der Waals surface area contributed by atoms with E-state index < -0.39 is 0 Å². The van der Waals surface area contributed by atoms with E-state index in [-0.39, 0.29) is 12.1 Å². The lowest BCUT2D eigenvalue weighted by Gasteiger charge is -2.23. The molecule has 0 aliphatic carbocycles. The molecule has 0 saturated carbocycles. The van der Waals surface area contributed by atoms with Crippen molar-refractivity contribution in [3.8, 4) is 6.07 Å². The number of hydrogen-bond donors (Lipinski definition) is 2. The molecule has 1 atom stereocenters. The highest BCUT2D eigenvalue weighted by Crippen LogP contribution is 2.23. The first-order chi connectivity index (χ1) is 11.0. The average Bonchev–Trinajstić information content (AvgIpc) is 3.01. The lowest BCUT2D eigenvalue weighted by Crippen LogP contribution is -2.36. The third-order valence-electron chi connectivity index (χ3n) is 3.30. The second-order valence-electron chi connectivity index (χ2n) is 5.14. The number of halogens is 1. The molecule has 0 saturated heterocycles. The summed E-state index contributed by atoms with van der Waals surface area (Å²) in [5, 5.41) is 16.7. The van der Waals surface area contributed by atoms with Gasteiger partial charge in [0.1, 0.15) is 6.07 Å². The molecule has 0 spiro atoms. The van der Waals surface area contributed by atoms with Gasteiger partial charge in [0.2, 0.25) is 0 Å². The van der Waals surface area contributed by atoms with E-state index in [0.29, 0.717) is 22.8 Å². The van der Waals surface area contributed by atoms with Crippen molar-refractivity contribution in [2.24, 2.45) is 0 Å². The summed E-state index contributed by atoms with van der Waals surface area (Å²) in [6.07, 6.45) is 0. The molecule has 5 nitrogen and oxygen atoms in total. The standard InChI is InChI=1S/C16H17ClN4OS/c1-21(2)14(15-4-3-7-23-15)10-19-16(22)20-12-6-5-11(9-18)13(17)8-12/h3-8,14H,10H2,1-2H3,(H2,19,20,22). The van der Waals surface area contributed by atoms with Crippen LogP contribution in [-0.2, 0) is 0 Å². The monoisotopic (exact) mass is 348 g/mol. The fourth-order valence-electron chi connectivity index (χ4n) is 2.07. The fraction of sp³-hybridized carbons (Fsp3) is 0.250. The number of nitrogens with zero attached hydrogens (tertiary/aromatic N) is 2. The van der Waals surface area contributed by atoms with Crippen LogP contribution in [0.4, 0.5) is 10.5 Å². The quantitative estimate of drug-likeness (QED) is 0.865. The predicted molar refractivity (Wildman–Crippen MR) is 93.9 cm³/mol. The molecule has 0 aliphatic heterocycles. The van der Waals surface area contributed by atoms with Gasteiger partial charge in [0, 0.05) is 17.1 Å². The second kappa shape index (κ2) is 7.97. The van der Waals surface area contributed by atoms with E-state index in [2.05, 4.69) is 21.6 Å². The number of carbonyl (C=O) groups is 1. The van der Waals surface area contributed by atoms with Crippen LogP contribution in [0.25, 0.3) is 0 Å². The molecule has 1 aromatic carbocycles. The van der Waals surface area contributed by atoms with E-state index in [1.165, 1.54) is 4.88 Å². The topological polar surface area (TPSA) is 68.2 Å². The van der Waals surface area contributed by atoms with Crippen LogP contribution in [0.3, 0.4) is 0 Å². The SMILES string of the molecule is CN(C)C(CNC(=O)Nc1ccc(C#N)c(Cl)c1)c1cccs1. The summed E-state index contributed by atoms with van der Waals surface area (Å²) < 4.78 is 0. The van der Waals surface area contributed by atoms with E-state index in [1.807, 2.05) is 31.6 Å². The third kappa shape index (κ3) is 4.70. The van der Waals surface area contributed by atoms with Crippen molar-refractivity contribution >= 4 is 34.7 Å². The van der Waals surface area contributed by atoms with E-state index in [4.69, 9.17) is 16.9 Å². The van der Waals surface area contributed by atoms with E-state index >= 15 is 0 Å². The molecule has 1 heterocycles. The maximum absolute atomic E-state index is 12.0. The van der Waals surface area contributed by atoms with Gasteiger partial charge in [-0.1, -0.05) is 17.7 Å². The minimum absolute atomic E-state index is 0.116. The largest absolute Gasteiger partial charge is 0.336 e. The predicted octanol–water partition coefficient (Wildman–Crippen LogP) is 3.70. The number of urea groups is 1. The molecule has 2 amide bonds. The average molecular weight is 349 g/mol. The van der Waals surface area contributed by atoms with Gasteiger partial charge in [-0.05, 0) is 43.7 Å². The number of carbonyl (C=O) groups excluding carboxylic acids is 1. The van der Waals surface area contributed by atoms with Gasteiger partial charge in [0.05, 0.1) is 16.6 Å². The smallest absolute Gasteiger partial charge is 0.319 e. The molecule has 0 bridgehead atoms. The summed E-state index contributed by atoms with van der Waals surface area (Å²) in [5.74, 6) is 0. The van der Waals surface area contributed by atoms with Gasteiger partial charge in [-0.2, -0.15) is 5.26 Å². The molecular weight excluding hydrogens is 332 g/mol. The van der Waals surface area contributed by atoms with Crippen LogP contribution in [0.5, 0.6) is 0 Å². The van der Waals surface area contributed by atoms with Crippen molar-refractivity contribution in [2.75, 3.05) is 26.0 Å². The minimum Gasteiger partial charge on any atom is -0.336 e. The molecule has 7 heteroatoms. The number of thiophene rings is 1. The van der Waals surface area contributed by atoms with Gasteiger partial charge in [-0.15, -0.1) is 11.3 Å². The Balaban J connectivity index is 1.94. The Labute approximate surface area is 144 Å². The van der Waals surface area contributed by atoms with Crippen LogP contribution in [0.1, 0.15) is 16.5 Å². The van der Waals surface area contributed by atoms with Gasteiger partial charge in [-0.25, -0.2) is 4.79 Å². The number of likely N-dealkylation sites (N-methyl/N-ethyl adjacent to an activating group) is 1. The van der Waals surface area contributed by atoms with Crippen LogP contribution in [-0.4, -0.2) is 31.6 Å². The molecule has 0 radical (unpaired) electrons. The van der Waals surface area contributed by atoms with Crippen LogP contribution < -0.4 is 10.6 Å². The Morgan fingerprint density at radius 2 is 2.22 bits per heavy atom. The number of rotatable bonds is 5. The Bertz CT molecular complexity index is 709. The molecule has 120 valence electrons.